The van der Waals surface area contributed by atoms with E-state index in [4.69, 9.17) is 17.0 Å². The standard InChI is InChI=1S/C9H16N2O2/c1-5-6-7-11(10)8(12)13-9(2,3)4/h1H,6-7,10H2,2-4H3. The Morgan fingerprint density at radius 1 is 1.62 bits per heavy atom. The highest BCUT2D eigenvalue weighted by atomic mass is 16.6. The SMILES string of the molecule is C#CCCN(N)C(=O)OC(C)(C)C. The molecule has 0 radical (unpaired) electrons. The van der Waals surface area contributed by atoms with Crippen molar-refractivity contribution in [1.29, 1.82) is 0 Å². The van der Waals surface area contributed by atoms with Crippen LogP contribution in [0.4, 0.5) is 4.79 Å². The molecule has 0 rings (SSSR count). The molecule has 0 heterocycles. The van der Waals surface area contributed by atoms with E-state index >= 15 is 0 Å². The number of hydrogen-bond donors (Lipinski definition) is 1. The maximum absolute atomic E-state index is 11.2. The maximum atomic E-state index is 11.2. The molecule has 0 aliphatic heterocycles. The van der Waals surface area contributed by atoms with Crippen molar-refractivity contribution in [3.05, 3.63) is 0 Å². The lowest BCUT2D eigenvalue weighted by Gasteiger charge is -2.23. The summed E-state index contributed by atoms with van der Waals surface area (Å²) in [4.78, 5) is 11.2. The zero-order valence-corrected chi connectivity index (χ0v) is 8.33. The van der Waals surface area contributed by atoms with Gasteiger partial charge in [-0.15, -0.1) is 12.3 Å². The van der Waals surface area contributed by atoms with E-state index in [1.165, 1.54) is 0 Å². The summed E-state index contributed by atoms with van der Waals surface area (Å²) >= 11 is 0. The summed E-state index contributed by atoms with van der Waals surface area (Å²) in [7, 11) is 0. The number of carbonyl (C=O) groups excluding carboxylic acids is 1. The van der Waals surface area contributed by atoms with Gasteiger partial charge in [-0.2, -0.15) is 0 Å². The molecule has 0 bridgehead atoms. The Morgan fingerprint density at radius 3 is 2.54 bits per heavy atom. The van der Waals surface area contributed by atoms with Crippen molar-refractivity contribution in [3.63, 3.8) is 0 Å². The molecule has 0 aliphatic carbocycles. The van der Waals surface area contributed by atoms with Crippen LogP contribution in [0.25, 0.3) is 0 Å². The Hall–Kier alpha value is -1.21. The topological polar surface area (TPSA) is 55.6 Å². The molecule has 0 saturated carbocycles. The molecule has 0 atom stereocenters. The lowest BCUT2D eigenvalue weighted by Crippen LogP contribution is -2.41. The monoisotopic (exact) mass is 184 g/mol. The molecule has 1 amide bonds. The van der Waals surface area contributed by atoms with Crippen molar-refractivity contribution < 1.29 is 9.53 Å². The minimum atomic E-state index is -0.553. The summed E-state index contributed by atoms with van der Waals surface area (Å²) in [5, 5.41) is 0.977. The van der Waals surface area contributed by atoms with Crippen molar-refractivity contribution in [2.24, 2.45) is 5.84 Å². The van der Waals surface area contributed by atoms with Crippen molar-refractivity contribution in [3.8, 4) is 12.3 Å². The molecule has 0 aliphatic rings. The summed E-state index contributed by atoms with van der Waals surface area (Å²) in [6.07, 6.45) is 4.89. The van der Waals surface area contributed by atoms with Gasteiger partial charge in [0.25, 0.3) is 0 Å². The Morgan fingerprint density at radius 2 is 2.15 bits per heavy atom. The van der Waals surface area contributed by atoms with Crippen LogP contribution in [0, 0.1) is 12.3 Å². The second kappa shape index (κ2) is 4.73. The number of ether oxygens (including phenoxy) is 1. The van der Waals surface area contributed by atoms with Crippen molar-refractivity contribution in [2.75, 3.05) is 6.54 Å². The van der Waals surface area contributed by atoms with E-state index in [9.17, 15) is 4.79 Å². The molecule has 74 valence electrons. The average molecular weight is 184 g/mol. The van der Waals surface area contributed by atoms with Gasteiger partial charge in [-0.1, -0.05) is 0 Å². The van der Waals surface area contributed by atoms with Gasteiger partial charge in [-0.3, -0.25) is 0 Å². The van der Waals surface area contributed by atoms with Crippen LogP contribution in [0.3, 0.4) is 0 Å². The largest absolute Gasteiger partial charge is 0.443 e. The third-order valence-electron chi connectivity index (χ3n) is 1.13. The second-order valence-electron chi connectivity index (χ2n) is 3.63. The van der Waals surface area contributed by atoms with E-state index in [2.05, 4.69) is 5.92 Å². The van der Waals surface area contributed by atoms with Gasteiger partial charge in [-0.05, 0) is 20.8 Å². The van der Waals surface area contributed by atoms with Crippen molar-refractivity contribution in [2.45, 2.75) is 32.8 Å². The number of hydrazine groups is 1. The Bertz CT molecular complexity index is 213. The lowest BCUT2D eigenvalue weighted by molar-refractivity contribution is 0.0252. The molecule has 0 unspecified atom stereocenters. The van der Waals surface area contributed by atoms with Gasteiger partial charge < -0.3 is 4.74 Å². The average Bonchev–Trinajstić information content (AvgIpc) is 1.96. The molecule has 0 fully saturated rings. The van der Waals surface area contributed by atoms with E-state index in [-0.39, 0.29) is 0 Å². The lowest BCUT2D eigenvalue weighted by atomic mass is 10.2. The van der Waals surface area contributed by atoms with Crippen LogP contribution in [-0.4, -0.2) is 23.2 Å². The highest BCUT2D eigenvalue weighted by Crippen LogP contribution is 2.08. The molecule has 4 nitrogen and oxygen atoms in total. The summed E-state index contributed by atoms with van der Waals surface area (Å²) < 4.78 is 4.99. The Kier molecular flexibility index (Phi) is 4.29. The second-order valence-corrected chi connectivity index (χ2v) is 3.63. The zero-order valence-electron chi connectivity index (χ0n) is 8.33. The number of nitrogens with two attached hydrogens (primary N) is 1. The molecule has 0 aromatic rings. The van der Waals surface area contributed by atoms with Crippen molar-refractivity contribution in [1.82, 2.24) is 5.01 Å². The zero-order chi connectivity index (χ0) is 10.5. The quantitative estimate of drug-likeness (QED) is 0.303. The van der Waals surface area contributed by atoms with Gasteiger partial charge in [0.1, 0.15) is 5.60 Å². The number of nitrogens with zero attached hydrogens (tertiary/aromatic N) is 1. The number of rotatable bonds is 2. The van der Waals surface area contributed by atoms with E-state index in [0.29, 0.717) is 13.0 Å². The highest BCUT2D eigenvalue weighted by Gasteiger charge is 2.19. The van der Waals surface area contributed by atoms with Crippen LogP contribution in [0.15, 0.2) is 0 Å². The minimum absolute atomic E-state index is 0.311. The minimum Gasteiger partial charge on any atom is -0.443 e. The van der Waals surface area contributed by atoms with Crippen LogP contribution in [0.2, 0.25) is 0 Å². The van der Waals surface area contributed by atoms with E-state index in [1.54, 1.807) is 20.8 Å². The first kappa shape index (κ1) is 11.8. The molecule has 0 aromatic heterocycles. The molecular formula is C9H16N2O2. The first-order valence-electron chi connectivity index (χ1n) is 4.05. The predicted octanol–water partition coefficient (Wildman–Crippen LogP) is 1.12. The van der Waals surface area contributed by atoms with Gasteiger partial charge in [0.05, 0.1) is 6.54 Å². The molecule has 4 heteroatoms. The smallest absolute Gasteiger partial charge is 0.424 e. The van der Waals surface area contributed by atoms with E-state index < -0.39 is 11.7 Å². The van der Waals surface area contributed by atoms with E-state index in [0.717, 1.165) is 5.01 Å². The van der Waals surface area contributed by atoms with Gasteiger partial charge in [0.15, 0.2) is 0 Å². The first-order valence-corrected chi connectivity index (χ1v) is 4.05. The summed E-state index contributed by atoms with van der Waals surface area (Å²) in [6, 6.07) is 0. The van der Waals surface area contributed by atoms with Gasteiger partial charge >= 0.3 is 6.09 Å². The summed E-state index contributed by atoms with van der Waals surface area (Å²) in [5.41, 5.74) is -0.523. The number of amides is 1. The summed E-state index contributed by atoms with van der Waals surface area (Å²) in [5.74, 6) is 7.76. The number of hydrogen-bond acceptors (Lipinski definition) is 3. The molecule has 2 N–H and O–H groups in total. The third kappa shape index (κ3) is 6.00. The first-order chi connectivity index (χ1) is 5.87. The Labute approximate surface area is 79.0 Å². The number of terminal acetylenes is 1. The van der Waals surface area contributed by atoms with E-state index in [1.807, 2.05) is 0 Å². The molecule has 0 saturated heterocycles. The highest BCUT2D eigenvalue weighted by molar-refractivity contribution is 5.67. The number of carbonyl (C=O) groups is 1. The van der Waals surface area contributed by atoms with Crippen LogP contribution in [-0.2, 0) is 4.74 Å². The van der Waals surface area contributed by atoms with Gasteiger partial charge in [0.2, 0.25) is 0 Å². The fraction of sp³-hybridized carbons (Fsp3) is 0.667. The molecule has 0 spiro atoms. The maximum Gasteiger partial charge on any atom is 0.424 e. The van der Waals surface area contributed by atoms with Crippen molar-refractivity contribution >= 4 is 6.09 Å². The molecular weight excluding hydrogens is 168 g/mol. The fourth-order valence-electron chi connectivity index (χ4n) is 0.597. The van der Waals surface area contributed by atoms with Gasteiger partial charge in [0, 0.05) is 6.42 Å². The molecule has 13 heavy (non-hydrogen) atoms. The third-order valence-corrected chi connectivity index (χ3v) is 1.13. The fourth-order valence-corrected chi connectivity index (χ4v) is 0.597. The van der Waals surface area contributed by atoms with Crippen LogP contribution < -0.4 is 5.84 Å². The Balaban J connectivity index is 3.91. The normalized spacial score (nSPS) is 10.4. The van der Waals surface area contributed by atoms with Crippen LogP contribution in [0.1, 0.15) is 27.2 Å². The molecule has 0 aromatic carbocycles. The van der Waals surface area contributed by atoms with Crippen LogP contribution in [0.5, 0.6) is 0 Å². The predicted molar refractivity (Wildman–Crippen MR) is 50.6 cm³/mol. The van der Waals surface area contributed by atoms with Gasteiger partial charge in [-0.25, -0.2) is 15.6 Å². The summed E-state index contributed by atoms with van der Waals surface area (Å²) in [6.45, 7) is 5.64. The van der Waals surface area contributed by atoms with Crippen LogP contribution >= 0.6 is 0 Å².